The average molecular weight is 282 g/mol. The predicted octanol–water partition coefficient (Wildman–Crippen LogP) is 2.30. The van der Waals surface area contributed by atoms with Crippen LogP contribution in [0.25, 0.3) is 0 Å². The summed E-state index contributed by atoms with van der Waals surface area (Å²) in [5.41, 5.74) is 8.52. The summed E-state index contributed by atoms with van der Waals surface area (Å²) in [4.78, 5) is 12.4. The van der Waals surface area contributed by atoms with Crippen molar-refractivity contribution in [3.63, 3.8) is 0 Å². The van der Waals surface area contributed by atoms with Gasteiger partial charge in [0.05, 0.1) is 11.6 Å². The summed E-state index contributed by atoms with van der Waals surface area (Å²) in [7, 11) is 0. The van der Waals surface area contributed by atoms with Gasteiger partial charge in [0.25, 0.3) is 0 Å². The van der Waals surface area contributed by atoms with Crippen LogP contribution in [-0.4, -0.2) is 19.1 Å². The fourth-order valence-corrected chi connectivity index (χ4v) is 2.58. The van der Waals surface area contributed by atoms with Crippen LogP contribution in [0.2, 0.25) is 0 Å². The molecule has 0 aromatic heterocycles. The van der Waals surface area contributed by atoms with Gasteiger partial charge in [-0.05, 0) is 29.7 Å². The maximum atomic E-state index is 12.4. The molecule has 1 amide bonds. The molecule has 0 fully saturated rings. The van der Waals surface area contributed by atoms with Gasteiger partial charge in [0.1, 0.15) is 12.4 Å². The lowest BCUT2D eigenvalue weighted by Crippen LogP contribution is -2.30. The van der Waals surface area contributed by atoms with Crippen LogP contribution in [0.4, 0.5) is 5.69 Å². The SMILES string of the molecule is NCCOc1ccccc1NC(=O)C1Cc2ccccc21. The quantitative estimate of drug-likeness (QED) is 0.884. The lowest BCUT2D eigenvalue weighted by molar-refractivity contribution is -0.118. The van der Waals surface area contributed by atoms with Crippen LogP contribution in [0.3, 0.4) is 0 Å². The number of hydrogen-bond donors (Lipinski definition) is 2. The van der Waals surface area contributed by atoms with Crippen molar-refractivity contribution < 1.29 is 9.53 Å². The lowest BCUT2D eigenvalue weighted by Gasteiger charge is -2.29. The molecule has 2 aromatic carbocycles. The van der Waals surface area contributed by atoms with Crippen LogP contribution in [-0.2, 0) is 11.2 Å². The van der Waals surface area contributed by atoms with Crippen LogP contribution in [0, 0.1) is 0 Å². The van der Waals surface area contributed by atoms with Gasteiger partial charge in [-0.15, -0.1) is 0 Å². The molecule has 1 unspecified atom stereocenters. The van der Waals surface area contributed by atoms with Crippen molar-refractivity contribution in [2.45, 2.75) is 12.3 Å². The van der Waals surface area contributed by atoms with E-state index in [0.29, 0.717) is 24.6 Å². The van der Waals surface area contributed by atoms with E-state index in [9.17, 15) is 4.79 Å². The third-order valence-electron chi connectivity index (χ3n) is 3.69. The Morgan fingerprint density at radius 2 is 1.95 bits per heavy atom. The average Bonchev–Trinajstić information content (AvgIpc) is 2.47. The Hall–Kier alpha value is -2.33. The van der Waals surface area contributed by atoms with E-state index >= 15 is 0 Å². The van der Waals surface area contributed by atoms with Gasteiger partial charge in [0, 0.05) is 6.54 Å². The van der Waals surface area contributed by atoms with Crippen molar-refractivity contribution >= 4 is 11.6 Å². The smallest absolute Gasteiger partial charge is 0.232 e. The molecule has 3 N–H and O–H groups in total. The summed E-state index contributed by atoms with van der Waals surface area (Å²) < 4.78 is 5.55. The molecule has 1 aliphatic rings. The maximum absolute atomic E-state index is 12.4. The first-order valence-electron chi connectivity index (χ1n) is 7.10. The van der Waals surface area contributed by atoms with Gasteiger partial charge >= 0.3 is 0 Å². The second-order valence-corrected chi connectivity index (χ2v) is 5.08. The Labute approximate surface area is 123 Å². The predicted molar refractivity (Wildman–Crippen MR) is 82.5 cm³/mol. The first-order valence-corrected chi connectivity index (χ1v) is 7.10. The van der Waals surface area contributed by atoms with Crippen molar-refractivity contribution in [3.8, 4) is 5.75 Å². The number of carbonyl (C=O) groups is 1. The number of benzene rings is 2. The molecular formula is C17H18N2O2. The molecule has 1 atom stereocenters. The van der Waals surface area contributed by atoms with Crippen molar-refractivity contribution in [2.24, 2.45) is 5.73 Å². The highest BCUT2D eigenvalue weighted by molar-refractivity contribution is 5.98. The zero-order chi connectivity index (χ0) is 14.7. The molecule has 0 aliphatic heterocycles. The second kappa shape index (κ2) is 5.97. The zero-order valence-electron chi connectivity index (χ0n) is 11.7. The number of anilines is 1. The molecule has 21 heavy (non-hydrogen) atoms. The molecule has 3 rings (SSSR count). The topological polar surface area (TPSA) is 64.3 Å². The molecule has 0 heterocycles. The van der Waals surface area contributed by atoms with E-state index in [1.165, 1.54) is 5.56 Å². The summed E-state index contributed by atoms with van der Waals surface area (Å²) in [6.07, 6.45) is 0.799. The molecule has 108 valence electrons. The third-order valence-corrected chi connectivity index (χ3v) is 3.69. The van der Waals surface area contributed by atoms with Crippen molar-refractivity contribution in [3.05, 3.63) is 59.7 Å². The molecule has 4 nitrogen and oxygen atoms in total. The van der Waals surface area contributed by atoms with E-state index in [1.807, 2.05) is 42.5 Å². The molecule has 0 spiro atoms. The number of carbonyl (C=O) groups excluding carboxylic acids is 1. The number of nitrogens with one attached hydrogen (secondary N) is 1. The second-order valence-electron chi connectivity index (χ2n) is 5.08. The van der Waals surface area contributed by atoms with E-state index in [4.69, 9.17) is 10.5 Å². The standard InChI is InChI=1S/C17H18N2O2/c18-9-10-21-16-8-4-3-7-15(16)19-17(20)14-11-12-5-1-2-6-13(12)14/h1-8,14H,9-11,18H2,(H,19,20). The summed E-state index contributed by atoms with van der Waals surface area (Å²) in [5.74, 6) is 0.602. The largest absolute Gasteiger partial charge is 0.490 e. The Bertz CT molecular complexity index is 655. The number of hydrogen-bond acceptors (Lipinski definition) is 3. The van der Waals surface area contributed by atoms with Gasteiger partial charge in [0.15, 0.2) is 0 Å². The minimum absolute atomic E-state index is 0.0116. The number of rotatable bonds is 5. The van der Waals surface area contributed by atoms with Gasteiger partial charge < -0.3 is 15.8 Å². The normalized spacial score (nSPS) is 15.8. The molecule has 4 heteroatoms. The number of para-hydroxylation sites is 2. The van der Waals surface area contributed by atoms with Crippen LogP contribution in [0.1, 0.15) is 17.0 Å². The minimum atomic E-state index is -0.0660. The van der Waals surface area contributed by atoms with Crippen molar-refractivity contribution in [1.29, 1.82) is 0 Å². The molecule has 1 aliphatic carbocycles. The number of amides is 1. The molecule has 0 saturated carbocycles. The Balaban J connectivity index is 1.72. The Morgan fingerprint density at radius 1 is 1.19 bits per heavy atom. The summed E-state index contributed by atoms with van der Waals surface area (Å²) in [6.45, 7) is 0.872. The van der Waals surface area contributed by atoms with Crippen molar-refractivity contribution in [2.75, 3.05) is 18.5 Å². The fourth-order valence-electron chi connectivity index (χ4n) is 2.58. The van der Waals surface area contributed by atoms with Gasteiger partial charge in [-0.1, -0.05) is 36.4 Å². The molecule has 0 radical (unpaired) electrons. The highest BCUT2D eigenvalue weighted by atomic mass is 16.5. The van der Waals surface area contributed by atoms with Crippen LogP contribution >= 0.6 is 0 Å². The fraction of sp³-hybridized carbons (Fsp3) is 0.235. The third kappa shape index (κ3) is 2.76. The lowest BCUT2D eigenvalue weighted by atomic mass is 9.77. The van der Waals surface area contributed by atoms with Crippen LogP contribution in [0.5, 0.6) is 5.75 Å². The van der Waals surface area contributed by atoms with Crippen LogP contribution < -0.4 is 15.8 Å². The molecule has 0 bridgehead atoms. The number of ether oxygens (including phenoxy) is 1. The number of fused-ring (bicyclic) bond motifs is 1. The minimum Gasteiger partial charge on any atom is -0.490 e. The summed E-state index contributed by atoms with van der Waals surface area (Å²) in [6, 6.07) is 15.5. The van der Waals surface area contributed by atoms with Gasteiger partial charge in [-0.3, -0.25) is 4.79 Å². The van der Waals surface area contributed by atoms with E-state index in [2.05, 4.69) is 11.4 Å². The van der Waals surface area contributed by atoms with Gasteiger partial charge in [-0.25, -0.2) is 0 Å². The first kappa shape index (κ1) is 13.6. The Kier molecular flexibility index (Phi) is 3.88. The van der Waals surface area contributed by atoms with E-state index in [1.54, 1.807) is 0 Å². The van der Waals surface area contributed by atoms with E-state index in [0.717, 1.165) is 12.0 Å². The van der Waals surface area contributed by atoms with Crippen molar-refractivity contribution in [1.82, 2.24) is 0 Å². The molecular weight excluding hydrogens is 264 g/mol. The highest BCUT2D eigenvalue weighted by Crippen LogP contribution is 2.36. The number of nitrogens with two attached hydrogens (primary N) is 1. The van der Waals surface area contributed by atoms with Crippen LogP contribution in [0.15, 0.2) is 48.5 Å². The van der Waals surface area contributed by atoms with Gasteiger partial charge in [0.2, 0.25) is 5.91 Å². The molecule has 2 aromatic rings. The highest BCUT2D eigenvalue weighted by Gasteiger charge is 2.31. The van der Waals surface area contributed by atoms with E-state index < -0.39 is 0 Å². The maximum Gasteiger partial charge on any atom is 0.232 e. The summed E-state index contributed by atoms with van der Waals surface area (Å²) >= 11 is 0. The summed E-state index contributed by atoms with van der Waals surface area (Å²) in [5, 5.41) is 2.96. The van der Waals surface area contributed by atoms with Gasteiger partial charge in [-0.2, -0.15) is 0 Å². The van der Waals surface area contributed by atoms with E-state index in [-0.39, 0.29) is 11.8 Å². The Morgan fingerprint density at radius 3 is 2.76 bits per heavy atom. The zero-order valence-corrected chi connectivity index (χ0v) is 11.7. The monoisotopic (exact) mass is 282 g/mol. The molecule has 0 saturated heterocycles. The first-order chi connectivity index (χ1) is 10.3.